The molecule has 0 atom stereocenters. The summed E-state index contributed by atoms with van der Waals surface area (Å²) in [7, 11) is 0. The fraction of sp³-hybridized carbons (Fsp3) is 0.417. The third-order valence-corrected chi connectivity index (χ3v) is 2.37. The van der Waals surface area contributed by atoms with Gasteiger partial charge in [0.15, 0.2) is 0 Å². The Bertz CT molecular complexity index is 375. The van der Waals surface area contributed by atoms with Crippen molar-refractivity contribution < 1.29 is 15.0 Å². The molecule has 1 aromatic rings. The van der Waals surface area contributed by atoms with Crippen LogP contribution in [0.1, 0.15) is 42.3 Å². The van der Waals surface area contributed by atoms with Gasteiger partial charge in [-0.05, 0) is 22.6 Å². The molecular weight excluding hydrogens is 192 g/mol. The van der Waals surface area contributed by atoms with Gasteiger partial charge in [0.05, 0.1) is 12.2 Å². The quantitative estimate of drug-likeness (QED) is 0.783. The molecule has 1 aromatic carbocycles. The SMILES string of the molecule is CC(C)(C)c1cccc(C(=O)O)c1CO. The van der Waals surface area contributed by atoms with Crippen molar-refractivity contribution in [2.24, 2.45) is 0 Å². The highest BCUT2D eigenvalue weighted by Crippen LogP contribution is 2.28. The molecule has 0 unspecified atom stereocenters. The molecule has 0 bridgehead atoms. The second-order valence-corrected chi connectivity index (χ2v) is 4.54. The Morgan fingerprint density at radius 3 is 2.33 bits per heavy atom. The summed E-state index contributed by atoms with van der Waals surface area (Å²) >= 11 is 0. The number of carboxylic acid groups (broad SMARTS) is 1. The number of carbonyl (C=O) groups is 1. The maximum atomic E-state index is 10.9. The summed E-state index contributed by atoms with van der Waals surface area (Å²) in [6.07, 6.45) is 0. The second kappa shape index (κ2) is 4.03. The van der Waals surface area contributed by atoms with Crippen LogP contribution in [-0.2, 0) is 12.0 Å². The molecule has 0 amide bonds. The normalized spacial score (nSPS) is 11.5. The van der Waals surface area contributed by atoms with E-state index in [0.717, 1.165) is 5.56 Å². The highest BCUT2D eigenvalue weighted by molar-refractivity contribution is 5.89. The highest BCUT2D eigenvalue weighted by Gasteiger charge is 2.21. The van der Waals surface area contributed by atoms with Crippen molar-refractivity contribution in [3.8, 4) is 0 Å². The number of aliphatic hydroxyl groups is 1. The van der Waals surface area contributed by atoms with Crippen LogP contribution in [0.2, 0.25) is 0 Å². The average molecular weight is 208 g/mol. The molecule has 82 valence electrons. The third kappa shape index (κ3) is 2.36. The second-order valence-electron chi connectivity index (χ2n) is 4.54. The summed E-state index contributed by atoms with van der Waals surface area (Å²) in [5, 5.41) is 18.2. The zero-order valence-corrected chi connectivity index (χ0v) is 9.24. The molecule has 0 aliphatic carbocycles. The number of carboxylic acids is 1. The first kappa shape index (κ1) is 11.7. The van der Waals surface area contributed by atoms with E-state index < -0.39 is 5.97 Å². The Morgan fingerprint density at radius 1 is 1.33 bits per heavy atom. The van der Waals surface area contributed by atoms with Crippen LogP contribution in [0.5, 0.6) is 0 Å². The molecule has 0 aliphatic rings. The Kier molecular flexibility index (Phi) is 3.15. The van der Waals surface area contributed by atoms with Gasteiger partial charge in [0, 0.05) is 0 Å². The maximum absolute atomic E-state index is 10.9. The van der Waals surface area contributed by atoms with Crippen LogP contribution in [0.3, 0.4) is 0 Å². The van der Waals surface area contributed by atoms with Crippen LogP contribution in [0.4, 0.5) is 0 Å². The zero-order valence-electron chi connectivity index (χ0n) is 9.24. The van der Waals surface area contributed by atoms with Gasteiger partial charge in [0.2, 0.25) is 0 Å². The van der Waals surface area contributed by atoms with Crippen molar-refractivity contribution in [2.45, 2.75) is 32.8 Å². The molecule has 0 saturated heterocycles. The lowest BCUT2D eigenvalue weighted by Gasteiger charge is -2.23. The molecule has 3 nitrogen and oxygen atoms in total. The molecule has 0 spiro atoms. The first-order valence-corrected chi connectivity index (χ1v) is 4.84. The lowest BCUT2D eigenvalue weighted by atomic mass is 9.82. The minimum atomic E-state index is -0.995. The van der Waals surface area contributed by atoms with E-state index in [1.165, 1.54) is 6.07 Å². The molecule has 2 N–H and O–H groups in total. The van der Waals surface area contributed by atoms with Crippen molar-refractivity contribution in [3.63, 3.8) is 0 Å². The van der Waals surface area contributed by atoms with E-state index in [0.29, 0.717) is 5.56 Å². The van der Waals surface area contributed by atoms with E-state index in [-0.39, 0.29) is 17.6 Å². The van der Waals surface area contributed by atoms with Crippen LogP contribution in [0, 0.1) is 0 Å². The van der Waals surface area contributed by atoms with Crippen molar-refractivity contribution in [1.82, 2.24) is 0 Å². The van der Waals surface area contributed by atoms with Gasteiger partial charge < -0.3 is 10.2 Å². The Balaban J connectivity index is 3.42. The van der Waals surface area contributed by atoms with Crippen molar-refractivity contribution in [1.29, 1.82) is 0 Å². The minimum absolute atomic E-state index is 0.163. The summed E-state index contributed by atoms with van der Waals surface area (Å²) in [4.78, 5) is 10.9. The van der Waals surface area contributed by atoms with Gasteiger partial charge in [-0.25, -0.2) is 4.79 Å². The van der Waals surface area contributed by atoms with E-state index >= 15 is 0 Å². The van der Waals surface area contributed by atoms with Crippen LogP contribution in [0.25, 0.3) is 0 Å². The van der Waals surface area contributed by atoms with Crippen LogP contribution in [-0.4, -0.2) is 16.2 Å². The number of aliphatic hydroxyl groups excluding tert-OH is 1. The molecule has 0 fully saturated rings. The first-order valence-electron chi connectivity index (χ1n) is 4.84. The zero-order chi connectivity index (χ0) is 11.6. The monoisotopic (exact) mass is 208 g/mol. The maximum Gasteiger partial charge on any atom is 0.336 e. The number of hydrogen-bond donors (Lipinski definition) is 2. The van der Waals surface area contributed by atoms with Crippen LogP contribution >= 0.6 is 0 Å². The van der Waals surface area contributed by atoms with E-state index in [9.17, 15) is 9.90 Å². The van der Waals surface area contributed by atoms with Crippen molar-refractivity contribution in [2.75, 3.05) is 0 Å². The first-order chi connectivity index (χ1) is 6.88. The molecule has 15 heavy (non-hydrogen) atoms. The van der Waals surface area contributed by atoms with Gasteiger partial charge in [0.25, 0.3) is 0 Å². The van der Waals surface area contributed by atoms with Crippen LogP contribution < -0.4 is 0 Å². The lowest BCUT2D eigenvalue weighted by molar-refractivity contribution is 0.0693. The van der Waals surface area contributed by atoms with E-state index in [1.807, 2.05) is 26.8 Å². The molecule has 0 saturated carbocycles. The van der Waals surface area contributed by atoms with Gasteiger partial charge >= 0.3 is 5.97 Å². The Hall–Kier alpha value is -1.35. The molecule has 0 radical (unpaired) electrons. The Morgan fingerprint density at radius 2 is 1.93 bits per heavy atom. The van der Waals surface area contributed by atoms with E-state index in [1.54, 1.807) is 6.07 Å². The molecule has 3 heteroatoms. The fourth-order valence-corrected chi connectivity index (χ4v) is 1.66. The van der Waals surface area contributed by atoms with Crippen molar-refractivity contribution >= 4 is 5.97 Å². The predicted octanol–water partition coefficient (Wildman–Crippen LogP) is 2.17. The molecule has 0 aliphatic heterocycles. The van der Waals surface area contributed by atoms with E-state index in [4.69, 9.17) is 5.11 Å². The highest BCUT2D eigenvalue weighted by atomic mass is 16.4. The summed E-state index contributed by atoms with van der Waals surface area (Å²) in [6, 6.07) is 5.09. The smallest absolute Gasteiger partial charge is 0.336 e. The third-order valence-electron chi connectivity index (χ3n) is 2.37. The molecule has 0 aromatic heterocycles. The largest absolute Gasteiger partial charge is 0.478 e. The minimum Gasteiger partial charge on any atom is -0.478 e. The summed E-state index contributed by atoms with van der Waals surface area (Å²) in [6.45, 7) is 5.74. The summed E-state index contributed by atoms with van der Waals surface area (Å²) in [5.74, 6) is -0.995. The van der Waals surface area contributed by atoms with Gasteiger partial charge in [-0.3, -0.25) is 0 Å². The number of aromatic carboxylic acids is 1. The molecule has 0 heterocycles. The summed E-state index contributed by atoms with van der Waals surface area (Å²) < 4.78 is 0. The number of rotatable bonds is 2. The topological polar surface area (TPSA) is 57.5 Å². The average Bonchev–Trinajstić information content (AvgIpc) is 2.15. The standard InChI is InChI=1S/C12H16O3/c1-12(2,3)10-6-4-5-8(11(14)15)9(10)7-13/h4-6,13H,7H2,1-3H3,(H,14,15). The number of hydrogen-bond acceptors (Lipinski definition) is 2. The van der Waals surface area contributed by atoms with Crippen molar-refractivity contribution in [3.05, 3.63) is 34.9 Å². The van der Waals surface area contributed by atoms with Gasteiger partial charge in [-0.1, -0.05) is 32.9 Å². The fourth-order valence-electron chi connectivity index (χ4n) is 1.66. The summed E-state index contributed by atoms with van der Waals surface area (Å²) in [5.41, 5.74) is 1.41. The molecular formula is C12H16O3. The van der Waals surface area contributed by atoms with Gasteiger partial charge in [-0.15, -0.1) is 0 Å². The van der Waals surface area contributed by atoms with E-state index in [2.05, 4.69) is 0 Å². The Labute approximate surface area is 89.4 Å². The lowest BCUT2D eigenvalue weighted by Crippen LogP contribution is -2.17. The molecule has 1 rings (SSSR count). The van der Waals surface area contributed by atoms with Gasteiger partial charge in [-0.2, -0.15) is 0 Å². The number of benzene rings is 1. The van der Waals surface area contributed by atoms with Crippen LogP contribution in [0.15, 0.2) is 18.2 Å². The van der Waals surface area contributed by atoms with Gasteiger partial charge in [0.1, 0.15) is 0 Å². The predicted molar refractivity (Wildman–Crippen MR) is 58.0 cm³/mol.